The van der Waals surface area contributed by atoms with Gasteiger partial charge in [-0.1, -0.05) is 0 Å². The number of carbonyl (C=O) groups excluding carboxylic acids is 1. The van der Waals surface area contributed by atoms with Gasteiger partial charge in [0.05, 0.1) is 0 Å². The second-order valence-electron chi connectivity index (χ2n) is 4.20. The quantitative estimate of drug-likeness (QED) is 0.438. The van der Waals surface area contributed by atoms with Gasteiger partial charge >= 0.3 is 5.97 Å². The van der Waals surface area contributed by atoms with Gasteiger partial charge in [-0.15, -0.1) is 11.8 Å². The van der Waals surface area contributed by atoms with Crippen LogP contribution in [0.2, 0.25) is 0 Å². The van der Waals surface area contributed by atoms with Gasteiger partial charge in [0.2, 0.25) is 5.91 Å². The first-order valence-electron chi connectivity index (χ1n) is 4.52. The summed E-state index contributed by atoms with van der Waals surface area (Å²) < 4.78 is -0.530. The maximum absolute atomic E-state index is 11.5. The van der Waals surface area contributed by atoms with E-state index in [2.05, 4.69) is 0 Å². The molecule has 84 valence electrons. The maximum atomic E-state index is 11.5. The van der Waals surface area contributed by atoms with E-state index in [1.165, 1.54) is 16.7 Å². The third kappa shape index (κ3) is 1.27. The molecule has 3 atom stereocenters. The summed E-state index contributed by atoms with van der Waals surface area (Å²) in [5, 5.41) is 17.5. The molecule has 0 bridgehead atoms. The van der Waals surface area contributed by atoms with E-state index in [0.717, 1.165) is 0 Å². The van der Waals surface area contributed by atoms with E-state index < -0.39 is 22.8 Å². The van der Waals surface area contributed by atoms with E-state index in [1.807, 2.05) is 5.48 Å². The van der Waals surface area contributed by atoms with E-state index in [0.29, 0.717) is 0 Å². The molecule has 2 saturated heterocycles. The standard InChI is InChI=1S/C8H12N2O4S/c1-8(2)4(7(12)13)10-5(11)3(9-14)6(10)15-8/h3-4,6,9,14H,1-2H3,(H,12,13). The van der Waals surface area contributed by atoms with Gasteiger partial charge in [-0.2, -0.15) is 5.48 Å². The van der Waals surface area contributed by atoms with Crippen molar-refractivity contribution in [2.45, 2.75) is 36.1 Å². The molecule has 2 aliphatic heterocycles. The minimum absolute atomic E-state index is 0.279. The third-order valence-corrected chi connectivity index (χ3v) is 4.39. The smallest absolute Gasteiger partial charge is 0.327 e. The molecular weight excluding hydrogens is 220 g/mol. The van der Waals surface area contributed by atoms with Gasteiger partial charge in [-0.05, 0) is 13.8 Å². The van der Waals surface area contributed by atoms with E-state index in [1.54, 1.807) is 13.8 Å². The molecule has 2 aliphatic rings. The Kier molecular flexibility index (Phi) is 2.21. The van der Waals surface area contributed by atoms with Crippen LogP contribution in [0.1, 0.15) is 13.8 Å². The average Bonchev–Trinajstić information content (AvgIpc) is 2.35. The Morgan fingerprint density at radius 3 is 2.67 bits per heavy atom. The number of rotatable bonds is 2. The number of aliphatic carboxylic acids is 1. The molecule has 2 rings (SSSR count). The zero-order valence-electron chi connectivity index (χ0n) is 8.30. The fraction of sp³-hybridized carbons (Fsp3) is 0.750. The molecule has 7 heteroatoms. The van der Waals surface area contributed by atoms with Crippen molar-refractivity contribution in [3.05, 3.63) is 0 Å². The first-order valence-corrected chi connectivity index (χ1v) is 5.40. The Morgan fingerprint density at radius 2 is 2.20 bits per heavy atom. The lowest BCUT2D eigenvalue weighted by molar-refractivity contribution is -0.163. The average molecular weight is 232 g/mol. The van der Waals surface area contributed by atoms with Crippen LogP contribution in [0.5, 0.6) is 0 Å². The summed E-state index contributed by atoms with van der Waals surface area (Å²) in [6.45, 7) is 3.58. The summed E-state index contributed by atoms with van der Waals surface area (Å²) in [6, 6.07) is -1.48. The summed E-state index contributed by atoms with van der Waals surface area (Å²) in [4.78, 5) is 23.9. The van der Waals surface area contributed by atoms with E-state index in [4.69, 9.17) is 10.3 Å². The molecule has 0 aromatic heterocycles. The molecule has 15 heavy (non-hydrogen) atoms. The van der Waals surface area contributed by atoms with Crippen LogP contribution in [0.15, 0.2) is 0 Å². The minimum Gasteiger partial charge on any atom is -0.480 e. The van der Waals surface area contributed by atoms with Crippen molar-refractivity contribution in [3.63, 3.8) is 0 Å². The van der Waals surface area contributed by atoms with Crippen LogP contribution >= 0.6 is 11.8 Å². The van der Waals surface area contributed by atoms with Gasteiger partial charge in [0, 0.05) is 4.75 Å². The molecule has 0 radical (unpaired) electrons. The van der Waals surface area contributed by atoms with Crippen molar-refractivity contribution in [1.82, 2.24) is 10.4 Å². The van der Waals surface area contributed by atoms with Gasteiger partial charge in [-0.25, -0.2) is 4.79 Å². The Morgan fingerprint density at radius 1 is 1.60 bits per heavy atom. The Hall–Kier alpha value is -0.790. The fourth-order valence-electron chi connectivity index (χ4n) is 2.13. The second kappa shape index (κ2) is 3.10. The Labute approximate surface area is 90.6 Å². The topological polar surface area (TPSA) is 89.9 Å². The van der Waals surface area contributed by atoms with Crippen molar-refractivity contribution in [2.75, 3.05) is 0 Å². The number of hydrogen-bond acceptors (Lipinski definition) is 5. The van der Waals surface area contributed by atoms with Crippen molar-refractivity contribution in [2.24, 2.45) is 0 Å². The van der Waals surface area contributed by atoms with Crippen molar-refractivity contribution in [1.29, 1.82) is 0 Å². The van der Waals surface area contributed by atoms with Crippen LogP contribution in [-0.4, -0.2) is 49.3 Å². The zero-order valence-corrected chi connectivity index (χ0v) is 9.11. The second-order valence-corrected chi connectivity index (χ2v) is 5.98. The molecule has 2 fully saturated rings. The number of nitrogens with one attached hydrogen (secondary N) is 1. The Balaban J connectivity index is 2.28. The number of amides is 1. The monoisotopic (exact) mass is 232 g/mol. The number of hydrogen-bond donors (Lipinski definition) is 3. The van der Waals surface area contributed by atoms with Gasteiger partial charge in [-0.3, -0.25) is 4.79 Å². The van der Waals surface area contributed by atoms with Gasteiger partial charge in [0.1, 0.15) is 17.5 Å². The molecule has 0 spiro atoms. The predicted molar refractivity (Wildman–Crippen MR) is 52.4 cm³/mol. The largest absolute Gasteiger partial charge is 0.480 e. The van der Waals surface area contributed by atoms with Gasteiger partial charge in [0.25, 0.3) is 0 Å². The SMILES string of the molecule is CC1(C)SC2C(NO)C(=O)N2C1C(=O)O. The molecule has 0 aliphatic carbocycles. The first-order chi connectivity index (χ1) is 6.90. The molecule has 0 aromatic carbocycles. The summed E-state index contributed by atoms with van der Waals surface area (Å²) >= 11 is 1.39. The van der Waals surface area contributed by atoms with Gasteiger partial charge in [0.15, 0.2) is 0 Å². The highest BCUT2D eigenvalue weighted by Crippen LogP contribution is 2.50. The number of carbonyl (C=O) groups is 2. The molecule has 0 saturated carbocycles. The normalized spacial score (nSPS) is 37.4. The van der Waals surface area contributed by atoms with Crippen LogP contribution in [0, 0.1) is 0 Å². The number of nitrogens with zero attached hydrogens (tertiary/aromatic N) is 1. The Bertz CT molecular complexity index is 333. The molecular formula is C8H12N2O4S. The number of fused-ring (bicyclic) bond motifs is 1. The zero-order chi connectivity index (χ0) is 11.4. The first kappa shape index (κ1) is 10.7. The van der Waals surface area contributed by atoms with Crippen LogP contribution < -0.4 is 5.48 Å². The van der Waals surface area contributed by atoms with Crippen LogP contribution in [0.4, 0.5) is 0 Å². The molecule has 1 amide bonds. The highest BCUT2D eigenvalue weighted by molar-refractivity contribution is 8.01. The van der Waals surface area contributed by atoms with Crippen molar-refractivity contribution in [3.8, 4) is 0 Å². The van der Waals surface area contributed by atoms with E-state index in [9.17, 15) is 9.59 Å². The molecule has 2 heterocycles. The number of β-lactam (4-membered cyclic amide) rings is 1. The number of thioether (sulfide) groups is 1. The summed E-state index contributed by atoms with van der Waals surface area (Å²) in [6.07, 6.45) is 0. The lowest BCUT2D eigenvalue weighted by Gasteiger charge is -2.42. The van der Waals surface area contributed by atoms with Crippen molar-refractivity contribution < 1.29 is 19.9 Å². The molecule has 3 unspecified atom stereocenters. The highest BCUT2D eigenvalue weighted by Gasteiger charge is 2.63. The minimum atomic E-state index is -1.00. The molecule has 0 aromatic rings. The van der Waals surface area contributed by atoms with E-state index >= 15 is 0 Å². The van der Waals surface area contributed by atoms with E-state index in [-0.39, 0.29) is 11.3 Å². The molecule has 3 N–H and O–H groups in total. The molecule has 6 nitrogen and oxygen atoms in total. The summed E-state index contributed by atoms with van der Waals surface area (Å²) in [5.41, 5.74) is 1.91. The lowest BCUT2D eigenvalue weighted by Crippen LogP contribution is -2.69. The predicted octanol–water partition coefficient (Wildman–Crippen LogP) is -0.519. The van der Waals surface area contributed by atoms with Crippen LogP contribution in [0.3, 0.4) is 0 Å². The number of hydroxylamine groups is 1. The maximum Gasteiger partial charge on any atom is 0.327 e. The third-order valence-electron chi connectivity index (χ3n) is 2.81. The summed E-state index contributed by atoms with van der Waals surface area (Å²) in [5.74, 6) is -1.35. The fourth-order valence-corrected chi connectivity index (χ4v) is 3.75. The van der Waals surface area contributed by atoms with Gasteiger partial charge < -0.3 is 15.2 Å². The number of carboxylic acid groups (broad SMARTS) is 1. The van der Waals surface area contributed by atoms with Crippen LogP contribution in [-0.2, 0) is 9.59 Å². The van der Waals surface area contributed by atoms with Crippen LogP contribution in [0.25, 0.3) is 0 Å². The lowest BCUT2D eigenvalue weighted by atomic mass is 9.96. The highest BCUT2D eigenvalue weighted by atomic mass is 32.2. The van der Waals surface area contributed by atoms with Crippen molar-refractivity contribution >= 4 is 23.6 Å². The summed E-state index contributed by atoms with van der Waals surface area (Å²) in [7, 11) is 0. The number of carboxylic acids is 1.